The van der Waals surface area contributed by atoms with Crippen molar-refractivity contribution in [2.75, 3.05) is 37.4 Å². The fourth-order valence-electron chi connectivity index (χ4n) is 4.42. The van der Waals surface area contributed by atoms with Crippen LogP contribution in [0.3, 0.4) is 0 Å². The molecule has 226 valence electrons. The molecule has 3 rings (SSSR count). The van der Waals surface area contributed by atoms with E-state index in [1.54, 1.807) is 27.8 Å². The molecule has 0 fully saturated rings. The summed E-state index contributed by atoms with van der Waals surface area (Å²) < 4.78 is 49.0. The third-order valence-corrected chi connectivity index (χ3v) is 6.90. The lowest BCUT2D eigenvalue weighted by Crippen LogP contribution is -2.48. The number of alkyl halides is 3. The maximum absolute atomic E-state index is 13.3. The highest BCUT2D eigenvalue weighted by Crippen LogP contribution is 2.30. The summed E-state index contributed by atoms with van der Waals surface area (Å²) in [5.41, 5.74) is 1.61. The lowest BCUT2D eigenvalue weighted by Gasteiger charge is -2.34. The van der Waals surface area contributed by atoms with Crippen LogP contribution in [-0.2, 0) is 16.0 Å². The molecule has 11 nitrogen and oxygen atoms in total. The van der Waals surface area contributed by atoms with Crippen LogP contribution in [0.4, 0.5) is 29.3 Å². The van der Waals surface area contributed by atoms with E-state index < -0.39 is 43.1 Å². The monoisotopic (exact) mass is 583 g/mol. The van der Waals surface area contributed by atoms with E-state index in [2.05, 4.69) is 15.8 Å². The van der Waals surface area contributed by atoms with Crippen LogP contribution < -0.4 is 15.4 Å². The first-order valence-corrected chi connectivity index (χ1v) is 13.2. The van der Waals surface area contributed by atoms with Crippen molar-refractivity contribution in [3.05, 3.63) is 35.2 Å². The molecule has 3 N–H and O–H groups in total. The Morgan fingerprint density at radius 1 is 1.27 bits per heavy atom. The van der Waals surface area contributed by atoms with Gasteiger partial charge in [0.15, 0.2) is 5.76 Å². The number of amides is 4. The highest BCUT2D eigenvalue weighted by atomic mass is 19.4. The first-order chi connectivity index (χ1) is 19.2. The van der Waals surface area contributed by atoms with Crippen LogP contribution in [0.5, 0.6) is 5.75 Å². The number of hydrogen-bond donors (Lipinski definition) is 3. The van der Waals surface area contributed by atoms with E-state index in [-0.39, 0.29) is 43.6 Å². The van der Waals surface area contributed by atoms with Gasteiger partial charge in [-0.3, -0.25) is 9.59 Å². The quantitative estimate of drug-likeness (QED) is 0.429. The summed E-state index contributed by atoms with van der Waals surface area (Å²) in [6, 6.07) is 3.58. The summed E-state index contributed by atoms with van der Waals surface area (Å²) in [6.07, 6.45) is -7.18. The predicted octanol–water partition coefficient (Wildman–Crippen LogP) is 3.89. The Kier molecular flexibility index (Phi) is 10.2. The van der Waals surface area contributed by atoms with E-state index in [0.29, 0.717) is 28.5 Å². The van der Waals surface area contributed by atoms with Crippen LogP contribution in [0.2, 0.25) is 0 Å². The van der Waals surface area contributed by atoms with E-state index in [1.807, 2.05) is 6.92 Å². The summed E-state index contributed by atoms with van der Waals surface area (Å²) in [6.45, 7) is 7.05. The highest BCUT2D eigenvalue weighted by Gasteiger charge is 2.32. The first-order valence-electron chi connectivity index (χ1n) is 13.2. The molecule has 0 saturated carbocycles. The second kappa shape index (κ2) is 13.2. The van der Waals surface area contributed by atoms with Crippen molar-refractivity contribution >= 4 is 29.2 Å². The van der Waals surface area contributed by atoms with Gasteiger partial charge in [0.1, 0.15) is 23.2 Å². The lowest BCUT2D eigenvalue weighted by atomic mass is 10.0. The number of aryl methyl sites for hydroxylation is 2. The maximum Gasteiger partial charge on any atom is 0.389 e. The van der Waals surface area contributed by atoms with Gasteiger partial charge >= 0.3 is 12.2 Å². The third-order valence-electron chi connectivity index (χ3n) is 6.90. The third kappa shape index (κ3) is 8.59. The molecule has 0 unspecified atom stereocenters. The molecular weight excluding hydrogens is 547 g/mol. The number of nitrogens with zero attached hydrogens (tertiary/aromatic N) is 3. The fraction of sp³-hybridized carbons (Fsp3) is 0.556. The summed E-state index contributed by atoms with van der Waals surface area (Å²) >= 11 is 0. The predicted molar refractivity (Wildman–Crippen MR) is 144 cm³/mol. The van der Waals surface area contributed by atoms with Crippen LogP contribution in [0.15, 0.2) is 22.7 Å². The van der Waals surface area contributed by atoms with Gasteiger partial charge in [0.2, 0.25) is 11.8 Å². The Labute approximate surface area is 236 Å². The van der Waals surface area contributed by atoms with Crippen molar-refractivity contribution in [1.29, 1.82) is 0 Å². The lowest BCUT2D eigenvalue weighted by molar-refractivity contribution is -0.142. The number of carbonyl (C=O) groups excluding carboxylic acids is 3. The van der Waals surface area contributed by atoms with Crippen molar-refractivity contribution in [2.24, 2.45) is 5.92 Å². The number of urea groups is 1. The number of halogens is 3. The molecule has 0 bridgehead atoms. The molecular formula is C27H36F3N5O6. The average Bonchev–Trinajstić information content (AvgIpc) is 3.23. The Bertz CT molecular complexity index is 1230. The molecule has 41 heavy (non-hydrogen) atoms. The maximum atomic E-state index is 13.3. The highest BCUT2D eigenvalue weighted by molar-refractivity contribution is 5.91. The summed E-state index contributed by atoms with van der Waals surface area (Å²) in [4.78, 5) is 41.3. The van der Waals surface area contributed by atoms with Crippen LogP contribution in [-0.4, -0.2) is 83.0 Å². The molecule has 3 atom stereocenters. The number of likely N-dealkylation sites (N-methyl/N-ethyl adjacent to an activating group) is 1. The molecule has 1 aliphatic heterocycles. The Hall–Kier alpha value is -3.81. The van der Waals surface area contributed by atoms with Gasteiger partial charge in [-0.15, -0.1) is 0 Å². The van der Waals surface area contributed by atoms with Gasteiger partial charge in [0.05, 0.1) is 32.0 Å². The number of fused-ring (bicyclic) bond motifs is 1. The number of ether oxygens (including phenoxy) is 1. The number of nitrogens with one attached hydrogen (secondary N) is 2. The number of hydrogen-bond acceptors (Lipinski definition) is 7. The SMILES string of the molecule is Cc1noc(C)c1NC(=O)N(C)C[C@@H]1Oc2ccc(NC(=O)CCC(F)(F)F)cc2CC(=O)N([C@H](C)CO)C[C@@H]1C. The van der Waals surface area contributed by atoms with Gasteiger partial charge in [-0.25, -0.2) is 4.79 Å². The van der Waals surface area contributed by atoms with Crippen LogP contribution in [0.1, 0.15) is 43.7 Å². The molecule has 14 heteroatoms. The van der Waals surface area contributed by atoms with E-state index >= 15 is 0 Å². The van der Waals surface area contributed by atoms with Gasteiger partial charge in [-0.1, -0.05) is 12.1 Å². The number of carbonyl (C=O) groups is 3. The van der Waals surface area contributed by atoms with E-state index in [0.717, 1.165) is 0 Å². The smallest absolute Gasteiger partial charge is 0.389 e. The molecule has 1 aromatic carbocycles. The van der Waals surface area contributed by atoms with Gasteiger partial charge in [-0.2, -0.15) is 13.2 Å². The topological polar surface area (TPSA) is 137 Å². The van der Waals surface area contributed by atoms with Crippen molar-refractivity contribution in [3.63, 3.8) is 0 Å². The Morgan fingerprint density at radius 2 is 1.98 bits per heavy atom. The molecule has 0 spiro atoms. The van der Waals surface area contributed by atoms with Crippen LogP contribution in [0.25, 0.3) is 0 Å². The summed E-state index contributed by atoms with van der Waals surface area (Å²) in [5.74, 6) is -0.602. The average molecular weight is 584 g/mol. The van der Waals surface area contributed by atoms with Gasteiger partial charge in [0, 0.05) is 37.2 Å². The second-order valence-electron chi connectivity index (χ2n) is 10.4. The molecule has 1 aliphatic rings. The number of aliphatic hydroxyl groups is 1. The largest absolute Gasteiger partial charge is 0.488 e. The molecule has 2 aromatic rings. The van der Waals surface area contributed by atoms with Crippen LogP contribution in [0, 0.1) is 19.8 Å². The molecule has 4 amide bonds. The van der Waals surface area contributed by atoms with E-state index in [4.69, 9.17) is 9.26 Å². The minimum Gasteiger partial charge on any atom is -0.488 e. The van der Waals surface area contributed by atoms with Gasteiger partial charge in [-0.05, 0) is 39.0 Å². The number of rotatable bonds is 8. The Morgan fingerprint density at radius 3 is 2.59 bits per heavy atom. The molecule has 0 saturated heterocycles. The van der Waals surface area contributed by atoms with Gasteiger partial charge < -0.3 is 34.8 Å². The minimum absolute atomic E-state index is 0.126. The zero-order valence-electron chi connectivity index (χ0n) is 23.7. The van der Waals surface area contributed by atoms with Crippen molar-refractivity contribution in [1.82, 2.24) is 15.0 Å². The van der Waals surface area contributed by atoms with Crippen molar-refractivity contribution < 1.29 is 41.9 Å². The molecule has 0 aliphatic carbocycles. The number of benzene rings is 1. The van der Waals surface area contributed by atoms with Crippen molar-refractivity contribution in [2.45, 2.75) is 65.3 Å². The first kappa shape index (κ1) is 31.7. The summed E-state index contributed by atoms with van der Waals surface area (Å²) in [7, 11) is 1.59. The summed E-state index contributed by atoms with van der Waals surface area (Å²) in [5, 5.41) is 18.8. The second-order valence-corrected chi connectivity index (χ2v) is 10.4. The standard InChI is InChI=1S/C27H36F3N5O6/c1-15-12-35(16(2)14-36)24(38)11-19-10-20(31-23(37)8-9-27(28,29)30)6-7-21(19)40-22(15)13-34(5)26(39)32-25-17(3)33-41-18(25)4/h6-7,10,15-16,22,36H,8-9,11-14H2,1-5H3,(H,31,37)(H,32,39)/t15-,16+,22-/m0/s1. The van der Waals surface area contributed by atoms with E-state index in [9.17, 15) is 32.7 Å². The molecule has 1 aromatic heterocycles. The van der Waals surface area contributed by atoms with Crippen LogP contribution >= 0.6 is 0 Å². The number of anilines is 2. The zero-order chi connectivity index (χ0) is 30.5. The number of aliphatic hydroxyl groups excluding tert-OH is 1. The van der Waals surface area contributed by atoms with Gasteiger partial charge in [0.25, 0.3) is 0 Å². The van der Waals surface area contributed by atoms with Crippen molar-refractivity contribution in [3.8, 4) is 5.75 Å². The Balaban J connectivity index is 1.85. The molecule has 0 radical (unpaired) electrons. The minimum atomic E-state index is -4.46. The normalized spacial score (nSPS) is 18.4. The molecule has 2 heterocycles. The fourth-order valence-corrected chi connectivity index (χ4v) is 4.42. The zero-order valence-corrected chi connectivity index (χ0v) is 23.7. The number of aromatic nitrogens is 1. The van der Waals surface area contributed by atoms with E-state index in [1.165, 1.54) is 28.0 Å².